The van der Waals surface area contributed by atoms with E-state index >= 15 is 0 Å². The van der Waals surface area contributed by atoms with Gasteiger partial charge in [0.25, 0.3) is 5.56 Å². The van der Waals surface area contributed by atoms with Crippen molar-refractivity contribution in [3.63, 3.8) is 0 Å². The molecule has 6 rings (SSSR count). The van der Waals surface area contributed by atoms with Gasteiger partial charge in [-0.15, -0.1) is 0 Å². The summed E-state index contributed by atoms with van der Waals surface area (Å²) in [7, 11) is 0. The number of furan rings is 1. The summed E-state index contributed by atoms with van der Waals surface area (Å²) < 4.78 is 26.4. The van der Waals surface area contributed by atoms with Crippen LogP contribution in [0.4, 0.5) is 0 Å². The zero-order valence-electron chi connectivity index (χ0n) is 26.4. The molecule has 1 aliphatic heterocycles. The molecule has 3 aromatic carbocycles. The monoisotopic (exact) mass is 712 g/mol. The van der Waals surface area contributed by atoms with Crippen LogP contribution >= 0.6 is 27.3 Å². The van der Waals surface area contributed by atoms with Crippen molar-refractivity contribution in [2.45, 2.75) is 33.7 Å². The lowest BCUT2D eigenvalue weighted by Gasteiger charge is -2.26. The van der Waals surface area contributed by atoms with E-state index in [4.69, 9.17) is 23.6 Å². The Bertz CT molecular complexity index is 2160. The number of nitrogens with zero attached hydrogens (tertiary/aromatic N) is 2. The minimum Gasteiger partial charge on any atom is -0.490 e. The Morgan fingerprint density at radius 1 is 0.957 bits per heavy atom. The van der Waals surface area contributed by atoms with Gasteiger partial charge in [0.05, 0.1) is 41.7 Å². The van der Waals surface area contributed by atoms with Crippen LogP contribution in [0, 0.1) is 6.92 Å². The highest BCUT2D eigenvalue weighted by Gasteiger charge is 2.35. The summed E-state index contributed by atoms with van der Waals surface area (Å²) in [6, 6.07) is 23.8. The number of carbonyl (C=O) groups excluding carboxylic acids is 1. The van der Waals surface area contributed by atoms with E-state index < -0.39 is 12.0 Å². The quantitative estimate of drug-likeness (QED) is 0.144. The third-order valence-electron chi connectivity index (χ3n) is 7.55. The molecule has 8 nitrogen and oxygen atoms in total. The SMILES string of the molecule is CCOC(=O)C1=C(c2ccccc2)N=c2s/c(=C/c3ccc(-c4ccc(C)cc4Br)o3)c(=O)n2[C@H]1c1ccc(OCC)c(OCC)c1. The first-order chi connectivity index (χ1) is 22.8. The van der Waals surface area contributed by atoms with Gasteiger partial charge in [-0.05, 0) is 75.2 Å². The topological polar surface area (TPSA) is 92.3 Å². The van der Waals surface area contributed by atoms with Gasteiger partial charge in [-0.3, -0.25) is 9.36 Å². The summed E-state index contributed by atoms with van der Waals surface area (Å²) in [6.45, 7) is 8.59. The Kier molecular flexibility index (Phi) is 9.60. The van der Waals surface area contributed by atoms with Gasteiger partial charge in [0.15, 0.2) is 16.3 Å². The number of carbonyl (C=O) groups is 1. The van der Waals surface area contributed by atoms with Crippen LogP contribution in [0.15, 0.2) is 103 Å². The van der Waals surface area contributed by atoms with Crippen LogP contribution in [0.3, 0.4) is 0 Å². The molecule has 47 heavy (non-hydrogen) atoms. The second-order valence-electron chi connectivity index (χ2n) is 10.7. The van der Waals surface area contributed by atoms with Crippen molar-refractivity contribution >= 4 is 45.0 Å². The van der Waals surface area contributed by atoms with Gasteiger partial charge in [0.2, 0.25) is 0 Å². The second-order valence-corrected chi connectivity index (χ2v) is 12.6. The molecule has 0 amide bonds. The molecule has 0 bridgehead atoms. The van der Waals surface area contributed by atoms with Crippen LogP contribution in [-0.4, -0.2) is 30.4 Å². The number of aromatic nitrogens is 1. The van der Waals surface area contributed by atoms with Crippen LogP contribution in [0.5, 0.6) is 11.5 Å². The molecule has 0 radical (unpaired) electrons. The van der Waals surface area contributed by atoms with Gasteiger partial charge in [-0.1, -0.05) is 69.7 Å². The number of benzene rings is 3. The van der Waals surface area contributed by atoms with Gasteiger partial charge in [0, 0.05) is 21.7 Å². The highest BCUT2D eigenvalue weighted by atomic mass is 79.9. The fraction of sp³-hybridized carbons (Fsp3) is 0.216. The van der Waals surface area contributed by atoms with Gasteiger partial charge < -0.3 is 18.6 Å². The van der Waals surface area contributed by atoms with Crippen molar-refractivity contribution in [3.8, 4) is 22.8 Å². The lowest BCUT2D eigenvalue weighted by atomic mass is 9.93. The molecule has 0 saturated carbocycles. The van der Waals surface area contributed by atoms with E-state index in [9.17, 15) is 9.59 Å². The number of hydrogen-bond donors (Lipinski definition) is 0. The maximum Gasteiger partial charge on any atom is 0.338 e. The summed E-state index contributed by atoms with van der Waals surface area (Å²) in [5.74, 6) is 1.72. The van der Waals surface area contributed by atoms with E-state index in [1.807, 2.05) is 93.6 Å². The number of thiazole rings is 1. The Balaban J connectivity index is 1.57. The maximum absolute atomic E-state index is 14.3. The predicted molar refractivity (Wildman–Crippen MR) is 186 cm³/mol. The molecule has 0 aliphatic carbocycles. The van der Waals surface area contributed by atoms with E-state index in [1.54, 1.807) is 23.6 Å². The number of rotatable bonds is 10. The highest BCUT2D eigenvalue weighted by molar-refractivity contribution is 9.10. The lowest BCUT2D eigenvalue weighted by Crippen LogP contribution is -2.40. The standard InChI is InChI=1S/C37H33BrN2O6S/c1-5-43-29-17-14-24(20-30(29)44-6-2)34-32(36(42)45-7-3)33(23-11-9-8-10-12-23)39-37-40(34)35(41)31(47-37)21-25-15-18-28(46-25)26-16-13-22(4)19-27(26)38/h8-21,34H,5-7H2,1-4H3/b31-21+/t34-/m0/s1. The number of ether oxygens (including phenoxy) is 3. The van der Waals surface area contributed by atoms with Crippen molar-refractivity contribution in [3.05, 3.63) is 131 Å². The van der Waals surface area contributed by atoms with Crippen LogP contribution in [0.1, 0.15) is 49.3 Å². The molecule has 2 aromatic heterocycles. The smallest absolute Gasteiger partial charge is 0.338 e. The van der Waals surface area contributed by atoms with E-state index in [1.165, 1.54) is 11.3 Å². The molecule has 3 heterocycles. The minimum absolute atomic E-state index is 0.160. The zero-order chi connectivity index (χ0) is 33.1. The molecule has 0 fully saturated rings. The van der Waals surface area contributed by atoms with Crippen LogP contribution < -0.4 is 24.4 Å². The van der Waals surface area contributed by atoms with Gasteiger partial charge >= 0.3 is 5.97 Å². The van der Waals surface area contributed by atoms with E-state index in [0.29, 0.717) is 56.8 Å². The summed E-state index contributed by atoms with van der Waals surface area (Å²) in [6.07, 6.45) is 1.71. The largest absolute Gasteiger partial charge is 0.490 e. The van der Waals surface area contributed by atoms with E-state index in [-0.39, 0.29) is 17.7 Å². The summed E-state index contributed by atoms with van der Waals surface area (Å²) in [5, 5.41) is 0. The predicted octanol–water partition coefficient (Wildman–Crippen LogP) is 7.06. The molecule has 0 saturated heterocycles. The van der Waals surface area contributed by atoms with Crippen LogP contribution in [-0.2, 0) is 9.53 Å². The normalized spacial score (nSPS) is 14.5. The Morgan fingerprint density at radius 3 is 2.45 bits per heavy atom. The third kappa shape index (κ3) is 6.48. The molecule has 0 N–H and O–H groups in total. The van der Waals surface area contributed by atoms with E-state index in [0.717, 1.165) is 21.2 Å². The Morgan fingerprint density at radius 2 is 1.72 bits per heavy atom. The third-order valence-corrected chi connectivity index (χ3v) is 9.19. The molecule has 240 valence electrons. The number of aryl methyl sites for hydroxylation is 1. The molecule has 10 heteroatoms. The van der Waals surface area contributed by atoms with Crippen molar-refractivity contribution < 1.29 is 23.4 Å². The average molecular weight is 714 g/mol. The molecular formula is C37H33BrN2O6S. The first kappa shape index (κ1) is 32.3. The number of halogens is 1. The zero-order valence-corrected chi connectivity index (χ0v) is 28.8. The fourth-order valence-electron chi connectivity index (χ4n) is 5.52. The first-order valence-electron chi connectivity index (χ1n) is 15.4. The van der Waals surface area contributed by atoms with Gasteiger partial charge in [0.1, 0.15) is 11.5 Å². The summed E-state index contributed by atoms with van der Waals surface area (Å²) in [4.78, 5) is 33.5. The fourth-order valence-corrected chi connectivity index (χ4v) is 7.19. The van der Waals surface area contributed by atoms with Crippen LogP contribution in [0.2, 0.25) is 0 Å². The second kappa shape index (κ2) is 14.0. The highest BCUT2D eigenvalue weighted by Crippen LogP contribution is 2.39. The maximum atomic E-state index is 14.3. The van der Waals surface area contributed by atoms with Crippen LogP contribution in [0.25, 0.3) is 23.1 Å². The molecule has 1 atom stereocenters. The lowest BCUT2D eigenvalue weighted by molar-refractivity contribution is -0.138. The Labute approximate surface area is 284 Å². The molecule has 5 aromatic rings. The van der Waals surface area contributed by atoms with Crippen molar-refractivity contribution in [2.75, 3.05) is 19.8 Å². The molecule has 0 spiro atoms. The van der Waals surface area contributed by atoms with Crippen molar-refractivity contribution in [2.24, 2.45) is 4.99 Å². The molecule has 1 aliphatic rings. The minimum atomic E-state index is -0.854. The number of esters is 1. The summed E-state index contributed by atoms with van der Waals surface area (Å²) in [5.41, 5.74) is 3.80. The van der Waals surface area contributed by atoms with Crippen molar-refractivity contribution in [1.29, 1.82) is 0 Å². The number of fused-ring (bicyclic) bond motifs is 1. The van der Waals surface area contributed by atoms with Crippen molar-refractivity contribution in [1.82, 2.24) is 4.57 Å². The molecule has 0 unspecified atom stereocenters. The van der Waals surface area contributed by atoms with E-state index in [2.05, 4.69) is 15.9 Å². The Hall–Kier alpha value is -4.67. The van der Waals surface area contributed by atoms with Gasteiger partial charge in [-0.2, -0.15) is 0 Å². The molecular weight excluding hydrogens is 680 g/mol. The number of hydrogen-bond acceptors (Lipinski definition) is 8. The van der Waals surface area contributed by atoms with Gasteiger partial charge in [-0.25, -0.2) is 9.79 Å². The first-order valence-corrected chi connectivity index (χ1v) is 17.0. The average Bonchev–Trinajstić information content (AvgIpc) is 3.65. The summed E-state index contributed by atoms with van der Waals surface area (Å²) >= 11 is 4.86.